The van der Waals surface area contributed by atoms with Crippen LogP contribution < -0.4 is 4.90 Å². The minimum absolute atomic E-state index is 0.635. The number of hydrogen-bond donors (Lipinski definition) is 0. The van der Waals surface area contributed by atoms with E-state index >= 15 is 0 Å². The average Bonchev–Trinajstić information content (AvgIpc) is 2.99. The molecule has 0 bridgehead atoms. The Labute approximate surface area is 84.0 Å². The zero-order chi connectivity index (χ0) is 10.1. The Bertz CT molecular complexity index is 388. The largest absolute Gasteiger partial charge is 0.357 e. The second kappa shape index (κ2) is 3.30. The summed E-state index contributed by atoms with van der Waals surface area (Å²) in [6.45, 7) is 1.92. The van der Waals surface area contributed by atoms with Crippen LogP contribution in [0, 0.1) is 18.3 Å². The van der Waals surface area contributed by atoms with Crippen LogP contribution in [-0.2, 0) is 0 Å². The highest BCUT2D eigenvalue weighted by molar-refractivity contribution is 5.47. The van der Waals surface area contributed by atoms with E-state index < -0.39 is 0 Å². The molecule has 3 heteroatoms. The second-order valence-electron chi connectivity index (χ2n) is 3.81. The lowest BCUT2D eigenvalue weighted by Crippen LogP contribution is -2.20. The van der Waals surface area contributed by atoms with Gasteiger partial charge in [0.2, 0.25) is 0 Å². The third-order valence-corrected chi connectivity index (χ3v) is 2.52. The van der Waals surface area contributed by atoms with E-state index in [0.29, 0.717) is 11.6 Å². The predicted molar refractivity (Wildman–Crippen MR) is 55.1 cm³/mol. The maximum Gasteiger partial charge on any atom is 0.130 e. The van der Waals surface area contributed by atoms with Crippen LogP contribution in [-0.4, -0.2) is 18.1 Å². The van der Waals surface area contributed by atoms with Gasteiger partial charge in [-0.2, -0.15) is 5.26 Å². The van der Waals surface area contributed by atoms with Crippen molar-refractivity contribution in [3.8, 4) is 6.07 Å². The summed E-state index contributed by atoms with van der Waals surface area (Å²) in [6, 6.07) is 6.45. The molecule has 0 radical (unpaired) electrons. The van der Waals surface area contributed by atoms with Gasteiger partial charge in [0, 0.05) is 18.8 Å². The minimum atomic E-state index is 0.635. The first-order chi connectivity index (χ1) is 6.70. The van der Waals surface area contributed by atoms with Gasteiger partial charge in [-0.15, -0.1) is 0 Å². The molecule has 14 heavy (non-hydrogen) atoms. The molecule has 1 saturated carbocycles. The molecule has 72 valence electrons. The van der Waals surface area contributed by atoms with Crippen molar-refractivity contribution in [2.75, 3.05) is 11.9 Å². The van der Waals surface area contributed by atoms with Crippen molar-refractivity contribution < 1.29 is 0 Å². The minimum Gasteiger partial charge on any atom is -0.357 e. The topological polar surface area (TPSA) is 39.9 Å². The Kier molecular flexibility index (Phi) is 2.12. The van der Waals surface area contributed by atoms with Crippen LogP contribution in [0.3, 0.4) is 0 Å². The Morgan fingerprint density at radius 3 is 2.79 bits per heavy atom. The molecule has 2 rings (SSSR count). The molecule has 1 heterocycles. The van der Waals surface area contributed by atoms with Gasteiger partial charge < -0.3 is 4.90 Å². The maximum atomic E-state index is 8.83. The molecule has 3 nitrogen and oxygen atoms in total. The highest BCUT2D eigenvalue weighted by atomic mass is 15.2. The SMILES string of the molecule is Cc1cc(C#N)cc(N(C)C2CC2)n1. The van der Waals surface area contributed by atoms with Gasteiger partial charge >= 0.3 is 0 Å². The van der Waals surface area contributed by atoms with Gasteiger partial charge in [0.15, 0.2) is 0 Å². The number of anilines is 1. The molecule has 1 aliphatic carbocycles. The van der Waals surface area contributed by atoms with Crippen molar-refractivity contribution in [2.45, 2.75) is 25.8 Å². The summed E-state index contributed by atoms with van der Waals surface area (Å²) < 4.78 is 0. The van der Waals surface area contributed by atoms with Crippen molar-refractivity contribution in [3.63, 3.8) is 0 Å². The Hall–Kier alpha value is -1.56. The summed E-state index contributed by atoms with van der Waals surface area (Å²) in [7, 11) is 2.04. The Morgan fingerprint density at radius 1 is 1.50 bits per heavy atom. The average molecular weight is 187 g/mol. The number of nitrogens with zero attached hydrogens (tertiary/aromatic N) is 3. The van der Waals surface area contributed by atoms with Crippen molar-refractivity contribution in [1.29, 1.82) is 5.26 Å². The van der Waals surface area contributed by atoms with E-state index in [9.17, 15) is 0 Å². The lowest BCUT2D eigenvalue weighted by Gasteiger charge is -2.17. The lowest BCUT2D eigenvalue weighted by molar-refractivity contribution is 0.886. The summed E-state index contributed by atoms with van der Waals surface area (Å²) in [4.78, 5) is 6.58. The number of rotatable bonds is 2. The van der Waals surface area contributed by atoms with E-state index in [0.717, 1.165) is 11.5 Å². The Morgan fingerprint density at radius 2 is 2.21 bits per heavy atom. The normalized spacial score (nSPS) is 14.9. The van der Waals surface area contributed by atoms with Gasteiger partial charge in [-0.1, -0.05) is 0 Å². The smallest absolute Gasteiger partial charge is 0.130 e. The molecule has 0 aromatic carbocycles. The molecule has 0 atom stereocenters. The first-order valence-electron chi connectivity index (χ1n) is 4.82. The van der Waals surface area contributed by atoms with Gasteiger partial charge in [0.25, 0.3) is 0 Å². The molecule has 0 N–H and O–H groups in total. The molecule has 0 saturated heterocycles. The fraction of sp³-hybridized carbons (Fsp3) is 0.455. The zero-order valence-electron chi connectivity index (χ0n) is 8.49. The standard InChI is InChI=1S/C11H13N3/c1-8-5-9(7-12)6-11(13-8)14(2)10-3-4-10/h5-6,10H,3-4H2,1-2H3. The van der Waals surface area contributed by atoms with Gasteiger partial charge in [-0.05, 0) is 31.9 Å². The van der Waals surface area contributed by atoms with Crippen molar-refractivity contribution in [1.82, 2.24) is 4.98 Å². The highest BCUT2D eigenvalue weighted by Gasteiger charge is 2.27. The van der Waals surface area contributed by atoms with E-state index in [1.165, 1.54) is 12.8 Å². The van der Waals surface area contributed by atoms with E-state index in [1.807, 2.05) is 26.1 Å². The first-order valence-corrected chi connectivity index (χ1v) is 4.82. The molecule has 0 aliphatic heterocycles. The van der Waals surface area contributed by atoms with Crippen molar-refractivity contribution in [3.05, 3.63) is 23.4 Å². The number of pyridine rings is 1. The maximum absolute atomic E-state index is 8.83. The number of aryl methyl sites for hydroxylation is 1. The van der Waals surface area contributed by atoms with E-state index in [1.54, 1.807) is 0 Å². The third-order valence-electron chi connectivity index (χ3n) is 2.52. The van der Waals surface area contributed by atoms with Gasteiger partial charge in [-0.3, -0.25) is 0 Å². The predicted octanol–water partition coefficient (Wildman–Crippen LogP) is 1.86. The Balaban J connectivity index is 2.32. The van der Waals surface area contributed by atoms with E-state index in [4.69, 9.17) is 5.26 Å². The number of aromatic nitrogens is 1. The molecule has 1 fully saturated rings. The molecule has 0 amide bonds. The number of hydrogen-bond acceptors (Lipinski definition) is 3. The van der Waals surface area contributed by atoms with Crippen molar-refractivity contribution in [2.24, 2.45) is 0 Å². The summed E-state index contributed by atoms with van der Waals surface area (Å²) in [5, 5.41) is 8.83. The highest BCUT2D eigenvalue weighted by Crippen LogP contribution is 2.29. The third kappa shape index (κ3) is 1.69. The summed E-state index contributed by atoms with van der Waals surface area (Å²) in [5.74, 6) is 0.920. The summed E-state index contributed by atoms with van der Waals surface area (Å²) in [5.41, 5.74) is 1.60. The lowest BCUT2D eigenvalue weighted by atomic mass is 10.2. The van der Waals surface area contributed by atoms with Crippen LogP contribution >= 0.6 is 0 Å². The van der Waals surface area contributed by atoms with Crippen LogP contribution in [0.1, 0.15) is 24.1 Å². The molecule has 1 aliphatic rings. The zero-order valence-corrected chi connectivity index (χ0v) is 8.49. The quantitative estimate of drug-likeness (QED) is 0.709. The van der Waals surface area contributed by atoms with Gasteiger partial charge in [0.1, 0.15) is 5.82 Å². The molecule has 1 aromatic heterocycles. The fourth-order valence-electron chi connectivity index (χ4n) is 1.55. The van der Waals surface area contributed by atoms with Crippen molar-refractivity contribution >= 4 is 5.82 Å². The van der Waals surface area contributed by atoms with Crippen LogP contribution in [0.15, 0.2) is 12.1 Å². The molecular formula is C11H13N3. The van der Waals surface area contributed by atoms with Crippen LogP contribution in [0.2, 0.25) is 0 Å². The monoisotopic (exact) mass is 187 g/mol. The first kappa shape index (κ1) is 9.01. The molecule has 0 unspecified atom stereocenters. The van der Waals surface area contributed by atoms with E-state index in [2.05, 4.69) is 16.0 Å². The molecular weight excluding hydrogens is 174 g/mol. The molecule has 0 spiro atoms. The van der Waals surface area contributed by atoms with Crippen LogP contribution in [0.25, 0.3) is 0 Å². The fourth-order valence-corrected chi connectivity index (χ4v) is 1.55. The van der Waals surface area contributed by atoms with E-state index in [-0.39, 0.29) is 0 Å². The summed E-state index contributed by atoms with van der Waals surface area (Å²) >= 11 is 0. The number of nitriles is 1. The van der Waals surface area contributed by atoms with Crippen LogP contribution in [0.4, 0.5) is 5.82 Å². The van der Waals surface area contributed by atoms with Gasteiger partial charge in [0.05, 0.1) is 11.6 Å². The second-order valence-corrected chi connectivity index (χ2v) is 3.81. The van der Waals surface area contributed by atoms with Gasteiger partial charge in [-0.25, -0.2) is 4.98 Å². The summed E-state index contributed by atoms with van der Waals surface area (Å²) in [6.07, 6.45) is 2.49. The van der Waals surface area contributed by atoms with Crippen LogP contribution in [0.5, 0.6) is 0 Å². The molecule has 1 aromatic rings.